The first-order valence-corrected chi connectivity index (χ1v) is 6.46. The normalized spacial score (nSPS) is 18.2. The molecule has 76 valence electrons. The zero-order valence-electron chi connectivity index (χ0n) is 7.84. The molecule has 1 fully saturated rings. The first-order valence-electron chi connectivity index (χ1n) is 4.88. The van der Waals surface area contributed by atoms with Gasteiger partial charge < -0.3 is 5.73 Å². The highest BCUT2D eigenvalue weighted by Crippen LogP contribution is 2.40. The molecule has 0 spiro atoms. The van der Waals surface area contributed by atoms with E-state index in [-0.39, 0.29) is 6.04 Å². The molecule has 0 amide bonds. The van der Waals surface area contributed by atoms with Crippen molar-refractivity contribution in [3.05, 3.63) is 32.7 Å². The predicted molar refractivity (Wildman–Crippen MR) is 66.1 cm³/mol. The summed E-state index contributed by atoms with van der Waals surface area (Å²) in [5.41, 5.74) is 7.39. The SMILES string of the molecule is NC(CC1CC1)c1c(Br)cccc1Br. The van der Waals surface area contributed by atoms with Crippen LogP contribution in [0.3, 0.4) is 0 Å². The average molecular weight is 319 g/mol. The average Bonchev–Trinajstić information content (AvgIpc) is 2.87. The zero-order chi connectivity index (χ0) is 10.1. The fourth-order valence-electron chi connectivity index (χ4n) is 1.70. The molecule has 3 heteroatoms. The van der Waals surface area contributed by atoms with E-state index in [0.29, 0.717) is 0 Å². The lowest BCUT2D eigenvalue weighted by molar-refractivity contribution is 0.593. The minimum absolute atomic E-state index is 0.160. The van der Waals surface area contributed by atoms with Gasteiger partial charge in [0.2, 0.25) is 0 Å². The molecular weight excluding hydrogens is 306 g/mol. The Morgan fingerprint density at radius 2 is 1.86 bits per heavy atom. The molecule has 1 aromatic carbocycles. The molecule has 0 heterocycles. The van der Waals surface area contributed by atoms with E-state index < -0.39 is 0 Å². The fourth-order valence-corrected chi connectivity index (χ4v) is 3.28. The van der Waals surface area contributed by atoms with Crippen molar-refractivity contribution >= 4 is 31.9 Å². The third-order valence-corrected chi connectivity index (χ3v) is 4.04. The van der Waals surface area contributed by atoms with Crippen LogP contribution in [0.5, 0.6) is 0 Å². The van der Waals surface area contributed by atoms with Crippen LogP contribution >= 0.6 is 31.9 Å². The van der Waals surface area contributed by atoms with E-state index in [2.05, 4.69) is 31.9 Å². The van der Waals surface area contributed by atoms with E-state index in [1.807, 2.05) is 18.2 Å². The largest absolute Gasteiger partial charge is 0.324 e. The summed E-state index contributed by atoms with van der Waals surface area (Å²) in [6.45, 7) is 0. The van der Waals surface area contributed by atoms with Crippen molar-refractivity contribution in [1.29, 1.82) is 0 Å². The van der Waals surface area contributed by atoms with Crippen molar-refractivity contribution in [1.82, 2.24) is 0 Å². The van der Waals surface area contributed by atoms with E-state index in [9.17, 15) is 0 Å². The lowest BCUT2D eigenvalue weighted by atomic mass is 10.0. The number of halogens is 2. The second kappa shape index (κ2) is 4.33. The van der Waals surface area contributed by atoms with Crippen molar-refractivity contribution in [3.63, 3.8) is 0 Å². The first-order chi connectivity index (χ1) is 6.68. The fraction of sp³-hybridized carbons (Fsp3) is 0.455. The van der Waals surface area contributed by atoms with Crippen LogP contribution in [-0.4, -0.2) is 0 Å². The lowest BCUT2D eigenvalue weighted by Gasteiger charge is -2.15. The molecule has 0 radical (unpaired) electrons. The summed E-state index contributed by atoms with van der Waals surface area (Å²) < 4.78 is 2.22. The van der Waals surface area contributed by atoms with Gasteiger partial charge in [-0.25, -0.2) is 0 Å². The molecule has 14 heavy (non-hydrogen) atoms. The van der Waals surface area contributed by atoms with Crippen LogP contribution in [0.1, 0.15) is 30.9 Å². The van der Waals surface area contributed by atoms with Gasteiger partial charge in [-0.05, 0) is 30.0 Å². The standard InChI is InChI=1S/C11H13Br2N/c12-8-2-1-3-9(13)11(8)10(14)6-7-4-5-7/h1-3,7,10H,4-6,14H2. The first kappa shape index (κ1) is 10.7. The molecule has 0 aromatic heterocycles. The smallest absolute Gasteiger partial charge is 0.0320 e. The van der Waals surface area contributed by atoms with Gasteiger partial charge in [-0.15, -0.1) is 0 Å². The highest BCUT2D eigenvalue weighted by molar-refractivity contribution is 9.11. The molecular formula is C11H13Br2N. The summed E-state index contributed by atoms with van der Waals surface area (Å²) in [6, 6.07) is 6.27. The van der Waals surface area contributed by atoms with Gasteiger partial charge in [-0.1, -0.05) is 50.8 Å². The van der Waals surface area contributed by atoms with Crippen LogP contribution < -0.4 is 5.73 Å². The Kier molecular flexibility index (Phi) is 3.30. The predicted octanol–water partition coefficient (Wildman–Crippen LogP) is 4.01. The summed E-state index contributed by atoms with van der Waals surface area (Å²) in [5, 5.41) is 0. The van der Waals surface area contributed by atoms with Crippen molar-refractivity contribution in [2.75, 3.05) is 0 Å². The van der Waals surface area contributed by atoms with Crippen molar-refractivity contribution in [2.45, 2.75) is 25.3 Å². The summed E-state index contributed by atoms with van der Waals surface area (Å²) in [7, 11) is 0. The molecule has 2 rings (SSSR count). The molecule has 0 saturated heterocycles. The molecule has 1 atom stereocenters. The molecule has 1 nitrogen and oxygen atoms in total. The Morgan fingerprint density at radius 1 is 1.29 bits per heavy atom. The maximum absolute atomic E-state index is 6.18. The minimum Gasteiger partial charge on any atom is -0.324 e. The maximum atomic E-state index is 6.18. The molecule has 1 aliphatic carbocycles. The van der Waals surface area contributed by atoms with Gasteiger partial charge in [-0.3, -0.25) is 0 Å². The van der Waals surface area contributed by atoms with Gasteiger partial charge >= 0.3 is 0 Å². The Bertz CT molecular complexity index is 314. The van der Waals surface area contributed by atoms with E-state index >= 15 is 0 Å². The van der Waals surface area contributed by atoms with Gasteiger partial charge in [-0.2, -0.15) is 0 Å². The Labute approximate surface area is 101 Å². The van der Waals surface area contributed by atoms with Gasteiger partial charge in [0, 0.05) is 15.0 Å². The number of rotatable bonds is 3. The lowest BCUT2D eigenvalue weighted by Crippen LogP contribution is -2.12. The van der Waals surface area contributed by atoms with Crippen LogP contribution in [-0.2, 0) is 0 Å². The van der Waals surface area contributed by atoms with Crippen molar-refractivity contribution in [2.24, 2.45) is 11.7 Å². The highest BCUT2D eigenvalue weighted by atomic mass is 79.9. The minimum atomic E-state index is 0.160. The van der Waals surface area contributed by atoms with E-state index in [1.54, 1.807) is 0 Å². The molecule has 0 aliphatic heterocycles. The van der Waals surface area contributed by atoms with Gasteiger partial charge in [0.1, 0.15) is 0 Å². The summed E-state index contributed by atoms with van der Waals surface area (Å²) in [6.07, 6.45) is 3.83. The van der Waals surface area contributed by atoms with Crippen LogP contribution in [0, 0.1) is 5.92 Å². The number of hydrogen-bond donors (Lipinski definition) is 1. The topological polar surface area (TPSA) is 26.0 Å². The van der Waals surface area contributed by atoms with Gasteiger partial charge in [0.15, 0.2) is 0 Å². The third-order valence-electron chi connectivity index (χ3n) is 2.65. The zero-order valence-corrected chi connectivity index (χ0v) is 11.0. The van der Waals surface area contributed by atoms with E-state index in [0.717, 1.165) is 21.3 Å². The van der Waals surface area contributed by atoms with Crippen LogP contribution in [0.25, 0.3) is 0 Å². The Morgan fingerprint density at radius 3 is 2.36 bits per heavy atom. The van der Waals surface area contributed by atoms with Crippen LogP contribution in [0.15, 0.2) is 27.1 Å². The van der Waals surface area contributed by atoms with Crippen molar-refractivity contribution < 1.29 is 0 Å². The van der Waals surface area contributed by atoms with E-state index in [4.69, 9.17) is 5.73 Å². The third kappa shape index (κ3) is 2.38. The molecule has 1 unspecified atom stereocenters. The Hall–Kier alpha value is 0.140. The number of benzene rings is 1. The molecule has 1 aliphatic rings. The molecule has 1 aromatic rings. The van der Waals surface area contributed by atoms with Crippen LogP contribution in [0.4, 0.5) is 0 Å². The molecule has 1 saturated carbocycles. The maximum Gasteiger partial charge on any atom is 0.0320 e. The van der Waals surface area contributed by atoms with Crippen LogP contribution in [0.2, 0.25) is 0 Å². The second-order valence-corrected chi connectivity index (χ2v) is 5.63. The van der Waals surface area contributed by atoms with Gasteiger partial charge in [0.25, 0.3) is 0 Å². The van der Waals surface area contributed by atoms with Crippen molar-refractivity contribution in [3.8, 4) is 0 Å². The highest BCUT2D eigenvalue weighted by Gasteiger charge is 2.26. The van der Waals surface area contributed by atoms with Gasteiger partial charge in [0.05, 0.1) is 0 Å². The summed E-state index contributed by atoms with van der Waals surface area (Å²) in [4.78, 5) is 0. The van der Waals surface area contributed by atoms with E-state index in [1.165, 1.54) is 18.4 Å². The second-order valence-electron chi connectivity index (χ2n) is 3.92. The number of hydrogen-bond acceptors (Lipinski definition) is 1. The molecule has 2 N–H and O–H groups in total. The quantitative estimate of drug-likeness (QED) is 0.895. The number of nitrogens with two attached hydrogens (primary N) is 1. The molecule has 0 bridgehead atoms. The summed E-state index contributed by atoms with van der Waals surface area (Å²) >= 11 is 7.10. The monoisotopic (exact) mass is 317 g/mol. The Balaban J connectivity index is 2.19. The summed E-state index contributed by atoms with van der Waals surface area (Å²) in [5.74, 6) is 0.865.